The van der Waals surface area contributed by atoms with Crippen LogP contribution in [-0.4, -0.2) is 18.5 Å². The first-order valence-corrected chi connectivity index (χ1v) is 7.90. The molecular weight excluding hydrogens is 306 g/mol. The lowest BCUT2D eigenvalue weighted by atomic mass is 10.1. The average Bonchev–Trinajstić information content (AvgIpc) is 3.08. The summed E-state index contributed by atoms with van der Waals surface area (Å²) in [6.45, 7) is 2.12. The molecule has 124 valence electrons. The minimum Gasteiger partial charge on any atom is -0.454 e. The van der Waals surface area contributed by atoms with Crippen LogP contribution in [0.5, 0.6) is 11.5 Å². The van der Waals surface area contributed by atoms with Crippen molar-refractivity contribution in [2.75, 3.05) is 6.79 Å². The van der Waals surface area contributed by atoms with Crippen LogP contribution in [0.3, 0.4) is 0 Å². The zero-order chi connectivity index (χ0) is 16.9. The second kappa shape index (κ2) is 7.17. The minimum atomic E-state index is -0.168. The van der Waals surface area contributed by atoms with Gasteiger partial charge in [0.2, 0.25) is 12.7 Å². The molecule has 0 unspecified atom stereocenters. The standard InChI is InChI=1S/C19H19NO4/c1-13(15-7-9-17-18(11-15)24-12-23-17)20-19(22)10-8-16(21)14-5-3-2-4-6-14/h2-7,9,11,13H,8,10,12H2,1H3,(H,20,22)/t13-/m1/s1. The smallest absolute Gasteiger partial charge is 0.231 e. The van der Waals surface area contributed by atoms with Crippen molar-refractivity contribution in [2.24, 2.45) is 0 Å². The predicted octanol–water partition coefficient (Wildman–Crippen LogP) is 3.26. The molecule has 0 aliphatic carbocycles. The fourth-order valence-electron chi connectivity index (χ4n) is 2.57. The summed E-state index contributed by atoms with van der Waals surface area (Å²) < 4.78 is 10.6. The van der Waals surface area contributed by atoms with E-state index >= 15 is 0 Å². The van der Waals surface area contributed by atoms with Gasteiger partial charge in [0.1, 0.15) is 0 Å². The lowest BCUT2D eigenvalue weighted by Gasteiger charge is -2.14. The minimum absolute atomic E-state index is 0.0264. The van der Waals surface area contributed by atoms with Crippen LogP contribution in [0.4, 0.5) is 0 Å². The van der Waals surface area contributed by atoms with Gasteiger partial charge >= 0.3 is 0 Å². The number of fused-ring (bicyclic) bond motifs is 1. The van der Waals surface area contributed by atoms with E-state index in [1.807, 2.05) is 43.3 Å². The van der Waals surface area contributed by atoms with Gasteiger partial charge in [-0.3, -0.25) is 9.59 Å². The molecule has 0 saturated carbocycles. The summed E-state index contributed by atoms with van der Waals surface area (Å²) in [5.41, 5.74) is 1.57. The van der Waals surface area contributed by atoms with Crippen LogP contribution in [0.1, 0.15) is 41.7 Å². The van der Waals surface area contributed by atoms with Crippen molar-refractivity contribution in [3.05, 3.63) is 59.7 Å². The van der Waals surface area contributed by atoms with Gasteiger partial charge in [0.15, 0.2) is 17.3 Å². The number of amides is 1. The van der Waals surface area contributed by atoms with Crippen molar-refractivity contribution in [3.8, 4) is 11.5 Å². The number of Topliss-reactive ketones (excluding diaryl/α,β-unsaturated/α-hetero) is 1. The largest absolute Gasteiger partial charge is 0.454 e. The first kappa shape index (κ1) is 16.1. The molecule has 5 nitrogen and oxygen atoms in total. The van der Waals surface area contributed by atoms with E-state index in [0.717, 1.165) is 5.56 Å². The molecule has 0 aromatic heterocycles. The number of nitrogens with one attached hydrogen (secondary N) is 1. The molecule has 0 spiro atoms. The van der Waals surface area contributed by atoms with Gasteiger partial charge in [0.05, 0.1) is 6.04 Å². The molecule has 3 rings (SSSR count). The van der Waals surface area contributed by atoms with Crippen molar-refractivity contribution in [1.29, 1.82) is 0 Å². The third kappa shape index (κ3) is 3.74. The van der Waals surface area contributed by atoms with Gasteiger partial charge in [-0.05, 0) is 24.6 Å². The zero-order valence-electron chi connectivity index (χ0n) is 13.5. The Balaban J connectivity index is 1.52. The molecule has 2 aromatic carbocycles. The van der Waals surface area contributed by atoms with Gasteiger partial charge in [0, 0.05) is 18.4 Å². The van der Waals surface area contributed by atoms with Crippen LogP contribution in [0.25, 0.3) is 0 Å². The topological polar surface area (TPSA) is 64.6 Å². The van der Waals surface area contributed by atoms with Gasteiger partial charge < -0.3 is 14.8 Å². The Labute approximate surface area is 140 Å². The SMILES string of the molecule is C[C@@H](NC(=O)CCC(=O)c1ccccc1)c1ccc2c(c1)OCO2. The van der Waals surface area contributed by atoms with Crippen molar-refractivity contribution < 1.29 is 19.1 Å². The molecule has 1 heterocycles. The third-order valence-electron chi connectivity index (χ3n) is 3.95. The average molecular weight is 325 g/mol. The number of hydrogen-bond donors (Lipinski definition) is 1. The fourth-order valence-corrected chi connectivity index (χ4v) is 2.57. The highest BCUT2D eigenvalue weighted by atomic mass is 16.7. The zero-order valence-corrected chi connectivity index (χ0v) is 13.5. The Morgan fingerprint density at radius 1 is 1.04 bits per heavy atom. The Morgan fingerprint density at radius 3 is 2.58 bits per heavy atom. The molecule has 24 heavy (non-hydrogen) atoms. The lowest BCUT2D eigenvalue weighted by Crippen LogP contribution is -2.26. The second-order valence-corrected chi connectivity index (χ2v) is 5.69. The summed E-state index contributed by atoms with van der Waals surface area (Å²) in [5, 5.41) is 2.91. The maximum atomic E-state index is 12.1. The highest BCUT2D eigenvalue weighted by Gasteiger charge is 2.17. The van der Waals surface area contributed by atoms with Crippen LogP contribution < -0.4 is 14.8 Å². The van der Waals surface area contributed by atoms with Crippen LogP contribution in [0, 0.1) is 0 Å². The van der Waals surface area contributed by atoms with E-state index in [1.54, 1.807) is 12.1 Å². The maximum Gasteiger partial charge on any atom is 0.231 e. The highest BCUT2D eigenvalue weighted by molar-refractivity contribution is 5.97. The molecule has 1 atom stereocenters. The first-order valence-electron chi connectivity index (χ1n) is 7.90. The molecule has 1 aliphatic rings. The van der Waals surface area contributed by atoms with Crippen LogP contribution in [0.2, 0.25) is 0 Å². The normalized spacial score (nSPS) is 13.4. The Bertz CT molecular complexity index is 742. The molecule has 1 amide bonds. The molecule has 2 aromatic rings. The molecular formula is C19H19NO4. The molecule has 5 heteroatoms. The van der Waals surface area contributed by atoms with Crippen molar-refractivity contribution in [1.82, 2.24) is 5.32 Å². The van der Waals surface area contributed by atoms with Crippen molar-refractivity contribution >= 4 is 11.7 Å². The van der Waals surface area contributed by atoms with E-state index in [-0.39, 0.29) is 37.4 Å². The fraction of sp³-hybridized carbons (Fsp3) is 0.263. The van der Waals surface area contributed by atoms with E-state index in [1.165, 1.54) is 0 Å². The van der Waals surface area contributed by atoms with Crippen molar-refractivity contribution in [2.45, 2.75) is 25.8 Å². The first-order chi connectivity index (χ1) is 11.6. The van der Waals surface area contributed by atoms with Crippen molar-refractivity contribution in [3.63, 3.8) is 0 Å². The Hall–Kier alpha value is -2.82. The monoisotopic (exact) mass is 325 g/mol. The molecule has 0 bridgehead atoms. The van der Waals surface area contributed by atoms with E-state index < -0.39 is 0 Å². The van der Waals surface area contributed by atoms with E-state index in [2.05, 4.69) is 5.32 Å². The van der Waals surface area contributed by atoms with E-state index in [9.17, 15) is 9.59 Å². The number of ketones is 1. The maximum absolute atomic E-state index is 12.1. The van der Waals surface area contributed by atoms with Crippen LogP contribution in [-0.2, 0) is 4.79 Å². The van der Waals surface area contributed by atoms with Gasteiger partial charge in [-0.25, -0.2) is 0 Å². The predicted molar refractivity (Wildman–Crippen MR) is 89.1 cm³/mol. The summed E-state index contributed by atoms with van der Waals surface area (Å²) in [6.07, 6.45) is 0.367. The van der Waals surface area contributed by atoms with Gasteiger partial charge in [-0.15, -0.1) is 0 Å². The Kier molecular flexibility index (Phi) is 4.79. The molecule has 1 aliphatic heterocycles. The van der Waals surface area contributed by atoms with Crippen LogP contribution >= 0.6 is 0 Å². The number of carbonyl (C=O) groups is 2. The van der Waals surface area contributed by atoms with E-state index in [0.29, 0.717) is 17.1 Å². The third-order valence-corrected chi connectivity index (χ3v) is 3.95. The van der Waals surface area contributed by atoms with Gasteiger partial charge in [-0.1, -0.05) is 36.4 Å². The molecule has 0 saturated heterocycles. The number of ether oxygens (including phenoxy) is 2. The molecule has 0 radical (unpaired) electrons. The summed E-state index contributed by atoms with van der Waals surface area (Å²) in [6, 6.07) is 14.4. The molecule has 1 N–H and O–H groups in total. The number of hydrogen-bond acceptors (Lipinski definition) is 4. The summed E-state index contributed by atoms with van der Waals surface area (Å²) in [4.78, 5) is 24.1. The Morgan fingerprint density at radius 2 is 1.79 bits per heavy atom. The van der Waals surface area contributed by atoms with Gasteiger partial charge in [0.25, 0.3) is 0 Å². The number of benzene rings is 2. The van der Waals surface area contributed by atoms with Crippen LogP contribution in [0.15, 0.2) is 48.5 Å². The highest BCUT2D eigenvalue weighted by Crippen LogP contribution is 2.34. The summed E-state index contributed by atoms with van der Waals surface area (Å²) in [7, 11) is 0. The summed E-state index contributed by atoms with van der Waals surface area (Å²) in [5.74, 6) is 1.23. The number of rotatable bonds is 6. The molecule has 0 fully saturated rings. The second-order valence-electron chi connectivity index (χ2n) is 5.69. The summed E-state index contributed by atoms with van der Waals surface area (Å²) >= 11 is 0. The van der Waals surface area contributed by atoms with Gasteiger partial charge in [-0.2, -0.15) is 0 Å². The van der Waals surface area contributed by atoms with E-state index in [4.69, 9.17) is 9.47 Å². The quantitative estimate of drug-likeness (QED) is 0.828. The lowest BCUT2D eigenvalue weighted by molar-refractivity contribution is -0.121. The number of carbonyl (C=O) groups excluding carboxylic acids is 2.